The Bertz CT molecular complexity index is 402. The number of hydrogen-bond donors (Lipinski definition) is 1. The van der Waals surface area contributed by atoms with Crippen molar-refractivity contribution < 1.29 is 9.90 Å². The van der Waals surface area contributed by atoms with E-state index < -0.39 is 5.97 Å². The smallest absolute Gasteiger partial charge is 0.337 e. The van der Waals surface area contributed by atoms with Crippen molar-refractivity contribution in [2.24, 2.45) is 5.92 Å². The van der Waals surface area contributed by atoms with Crippen LogP contribution in [0, 0.1) is 5.92 Å². The average Bonchev–Trinajstić information content (AvgIpc) is 3.04. The molecule has 1 aliphatic rings. The summed E-state index contributed by atoms with van der Waals surface area (Å²) in [6.45, 7) is 0. The molecule has 0 heterocycles. The van der Waals surface area contributed by atoms with E-state index in [1.807, 2.05) is 6.07 Å². The van der Waals surface area contributed by atoms with Crippen molar-refractivity contribution in [2.45, 2.75) is 24.2 Å². The van der Waals surface area contributed by atoms with Crippen molar-refractivity contribution in [3.8, 4) is 0 Å². The number of carboxylic acids is 1. The number of benzene rings is 1. The highest BCUT2D eigenvalue weighted by molar-refractivity contribution is 7.99. The minimum Gasteiger partial charge on any atom is -0.478 e. The monoisotopic (exact) mass is 256 g/mol. The van der Waals surface area contributed by atoms with Crippen LogP contribution in [0.1, 0.15) is 29.6 Å². The lowest BCUT2D eigenvalue weighted by Gasteiger charge is -2.04. The number of hydrogen-bond acceptors (Lipinski definition) is 2. The van der Waals surface area contributed by atoms with E-state index >= 15 is 0 Å². The summed E-state index contributed by atoms with van der Waals surface area (Å²) in [7, 11) is 0. The maximum Gasteiger partial charge on any atom is 0.337 e. The molecule has 0 aromatic heterocycles. The van der Waals surface area contributed by atoms with E-state index in [-0.39, 0.29) is 5.56 Å². The predicted molar refractivity (Wildman–Crippen MR) is 66.5 cm³/mol. The molecule has 1 saturated carbocycles. The third-order valence-electron chi connectivity index (χ3n) is 2.66. The lowest BCUT2D eigenvalue weighted by atomic mass is 10.2. The van der Waals surface area contributed by atoms with Gasteiger partial charge in [-0.05, 0) is 36.3 Å². The second kappa shape index (κ2) is 5.11. The molecule has 2 rings (SSSR count). The highest BCUT2D eigenvalue weighted by Crippen LogP contribution is 2.35. The Morgan fingerprint density at radius 1 is 1.50 bits per heavy atom. The Balaban J connectivity index is 1.97. The molecule has 16 heavy (non-hydrogen) atoms. The van der Waals surface area contributed by atoms with Gasteiger partial charge in [-0.3, -0.25) is 0 Å². The number of carboxylic acid groups (broad SMARTS) is 1. The van der Waals surface area contributed by atoms with Crippen molar-refractivity contribution in [2.75, 3.05) is 5.75 Å². The molecule has 0 atom stereocenters. The quantitative estimate of drug-likeness (QED) is 0.811. The fourth-order valence-corrected chi connectivity index (χ4v) is 2.76. The zero-order chi connectivity index (χ0) is 11.5. The van der Waals surface area contributed by atoms with Gasteiger partial charge < -0.3 is 5.11 Å². The molecule has 1 aromatic rings. The topological polar surface area (TPSA) is 37.3 Å². The van der Waals surface area contributed by atoms with Crippen molar-refractivity contribution in [3.63, 3.8) is 0 Å². The van der Waals surface area contributed by atoms with Gasteiger partial charge in [-0.25, -0.2) is 4.79 Å². The molecule has 86 valence electrons. The minimum absolute atomic E-state index is 0.193. The molecule has 0 aliphatic heterocycles. The molecule has 1 fully saturated rings. The standard InChI is InChI=1S/C12H13ClO2S/c13-11-4-3-9(7-10(11)12(14)15)16-6-5-8-1-2-8/h3-4,7-8H,1-2,5-6H2,(H,14,15). The highest BCUT2D eigenvalue weighted by Gasteiger charge is 2.20. The fourth-order valence-electron chi connectivity index (χ4n) is 1.51. The van der Waals surface area contributed by atoms with Crippen LogP contribution in [0.5, 0.6) is 0 Å². The van der Waals surface area contributed by atoms with Crippen molar-refractivity contribution in [3.05, 3.63) is 28.8 Å². The van der Waals surface area contributed by atoms with E-state index in [0.29, 0.717) is 5.02 Å². The summed E-state index contributed by atoms with van der Waals surface area (Å²) in [5.41, 5.74) is 0.193. The van der Waals surface area contributed by atoms with Gasteiger partial charge in [0.05, 0.1) is 10.6 Å². The molecule has 1 N–H and O–H groups in total. The largest absolute Gasteiger partial charge is 0.478 e. The van der Waals surface area contributed by atoms with Gasteiger partial charge in [0.2, 0.25) is 0 Å². The summed E-state index contributed by atoms with van der Waals surface area (Å²) in [6.07, 6.45) is 3.96. The van der Waals surface area contributed by atoms with Crippen molar-refractivity contribution >= 4 is 29.3 Å². The number of thioether (sulfide) groups is 1. The van der Waals surface area contributed by atoms with Crippen molar-refractivity contribution in [1.29, 1.82) is 0 Å². The fraction of sp³-hybridized carbons (Fsp3) is 0.417. The van der Waals surface area contributed by atoms with Crippen LogP contribution in [-0.4, -0.2) is 16.8 Å². The molecule has 0 amide bonds. The first kappa shape index (κ1) is 11.8. The second-order valence-electron chi connectivity index (χ2n) is 4.03. The van der Waals surface area contributed by atoms with Crippen LogP contribution in [0.15, 0.2) is 23.1 Å². The summed E-state index contributed by atoms with van der Waals surface area (Å²) < 4.78 is 0. The number of carbonyl (C=O) groups is 1. The van der Waals surface area contributed by atoms with Crippen LogP contribution < -0.4 is 0 Å². The SMILES string of the molecule is O=C(O)c1cc(SCCC2CC2)ccc1Cl. The third-order valence-corrected chi connectivity index (χ3v) is 4.02. The number of rotatable bonds is 5. The molecule has 2 nitrogen and oxygen atoms in total. The third kappa shape index (κ3) is 3.16. The zero-order valence-electron chi connectivity index (χ0n) is 8.78. The zero-order valence-corrected chi connectivity index (χ0v) is 10.4. The summed E-state index contributed by atoms with van der Waals surface area (Å²) in [6, 6.07) is 5.19. The van der Waals surface area contributed by atoms with E-state index in [9.17, 15) is 4.79 Å². The normalized spacial score (nSPS) is 15.1. The van der Waals surface area contributed by atoms with Crippen molar-refractivity contribution in [1.82, 2.24) is 0 Å². The van der Waals surface area contributed by atoms with E-state index in [4.69, 9.17) is 16.7 Å². The molecule has 1 aliphatic carbocycles. The predicted octanol–water partition coefficient (Wildman–Crippen LogP) is 3.93. The molecule has 0 radical (unpaired) electrons. The van der Waals surface area contributed by atoms with Gasteiger partial charge >= 0.3 is 5.97 Å². The Kier molecular flexibility index (Phi) is 3.77. The van der Waals surface area contributed by atoms with Gasteiger partial charge in [0.1, 0.15) is 0 Å². The van der Waals surface area contributed by atoms with E-state index in [0.717, 1.165) is 16.6 Å². The summed E-state index contributed by atoms with van der Waals surface area (Å²) >= 11 is 7.50. The van der Waals surface area contributed by atoms with Gasteiger partial charge in [0.25, 0.3) is 0 Å². The van der Waals surface area contributed by atoms with Gasteiger partial charge in [-0.15, -0.1) is 11.8 Å². The molecule has 0 spiro atoms. The van der Waals surface area contributed by atoms with Crippen LogP contribution in [0.3, 0.4) is 0 Å². The van der Waals surface area contributed by atoms with E-state index in [1.54, 1.807) is 23.9 Å². The van der Waals surface area contributed by atoms with E-state index in [1.165, 1.54) is 19.3 Å². The Morgan fingerprint density at radius 3 is 2.88 bits per heavy atom. The van der Waals surface area contributed by atoms with Crippen LogP contribution in [-0.2, 0) is 0 Å². The molecule has 0 bridgehead atoms. The lowest BCUT2D eigenvalue weighted by Crippen LogP contribution is -1.97. The molecule has 0 unspecified atom stereocenters. The average molecular weight is 257 g/mol. The van der Waals surface area contributed by atoms with E-state index in [2.05, 4.69) is 0 Å². The summed E-state index contributed by atoms with van der Waals surface area (Å²) in [4.78, 5) is 11.9. The van der Waals surface area contributed by atoms with Gasteiger partial charge in [-0.1, -0.05) is 24.4 Å². The maximum atomic E-state index is 10.9. The number of halogens is 1. The first-order chi connectivity index (χ1) is 7.66. The first-order valence-corrected chi connectivity index (χ1v) is 6.69. The molecular formula is C12H13ClO2S. The van der Waals surface area contributed by atoms with Crippen LogP contribution in [0.2, 0.25) is 5.02 Å². The maximum absolute atomic E-state index is 10.9. The molecular weight excluding hydrogens is 244 g/mol. The Morgan fingerprint density at radius 2 is 2.25 bits per heavy atom. The lowest BCUT2D eigenvalue weighted by molar-refractivity contribution is 0.0697. The Hall–Kier alpha value is -0.670. The molecule has 1 aromatic carbocycles. The molecule has 4 heteroatoms. The number of aromatic carboxylic acids is 1. The van der Waals surface area contributed by atoms with Gasteiger partial charge in [-0.2, -0.15) is 0 Å². The van der Waals surface area contributed by atoms with Gasteiger partial charge in [0, 0.05) is 4.90 Å². The first-order valence-electron chi connectivity index (χ1n) is 5.32. The summed E-state index contributed by atoms with van der Waals surface area (Å²) in [5.74, 6) is 1.01. The minimum atomic E-state index is -0.963. The molecule has 0 saturated heterocycles. The second-order valence-corrected chi connectivity index (χ2v) is 5.60. The van der Waals surface area contributed by atoms with Crippen LogP contribution in [0.4, 0.5) is 0 Å². The highest BCUT2D eigenvalue weighted by atomic mass is 35.5. The summed E-state index contributed by atoms with van der Waals surface area (Å²) in [5, 5.41) is 9.22. The van der Waals surface area contributed by atoms with Crippen LogP contribution in [0.25, 0.3) is 0 Å². The van der Waals surface area contributed by atoms with Gasteiger partial charge in [0.15, 0.2) is 0 Å². The van der Waals surface area contributed by atoms with Crippen LogP contribution >= 0.6 is 23.4 Å². The Labute approximate surface area is 104 Å².